The molecule has 0 bridgehead atoms. The first kappa shape index (κ1) is 27.6. The van der Waals surface area contributed by atoms with Crippen LogP contribution in [0.15, 0.2) is 39.6 Å². The Hall–Kier alpha value is -3.48. The number of carbonyl (C=O) groups is 3. The van der Waals surface area contributed by atoms with E-state index in [2.05, 4.69) is 37.6 Å². The number of nitrogens with one attached hydrogen (secondary N) is 1. The Morgan fingerprint density at radius 2 is 2.26 bits per heavy atom. The molecule has 2 atom stereocenters. The van der Waals surface area contributed by atoms with E-state index in [1.165, 1.54) is 33.1 Å². The lowest BCUT2D eigenvalue weighted by Crippen LogP contribution is -2.71. The molecule has 4 heterocycles. The van der Waals surface area contributed by atoms with Crippen molar-refractivity contribution in [2.45, 2.75) is 29.5 Å². The maximum atomic E-state index is 13.1. The quantitative estimate of drug-likeness (QED) is 0.0587. The molecule has 1 unspecified atom stereocenters. The van der Waals surface area contributed by atoms with Crippen molar-refractivity contribution >= 4 is 63.5 Å². The van der Waals surface area contributed by atoms with Crippen molar-refractivity contribution in [1.82, 2.24) is 35.4 Å². The Labute approximate surface area is 228 Å². The molecule has 0 aliphatic carbocycles. The number of fused-ring (bicyclic) bond motifs is 1. The normalized spacial score (nSPS) is 19.1. The third-order valence-corrected chi connectivity index (χ3v) is 8.35. The lowest BCUT2D eigenvalue weighted by Gasteiger charge is -2.49. The van der Waals surface area contributed by atoms with E-state index >= 15 is 0 Å². The standard InChI is InChI=1S/C20H24N10O5S3/c1-2-5-29-20(25-27-28-29)38-8-10-7-36-17-13(16(32)30(17)14(10)18(33)34)24-15(31)12(26-35-6-3-4-21)11-9-37-19(22)23-11/h2,9,13,17H,1,3-8,21H2,(H2,22,23)(H,24,31)(H,33,34)/t13?,17-/m0/s1. The molecule has 2 aliphatic heterocycles. The number of thiazole rings is 1. The average molecular weight is 581 g/mol. The van der Waals surface area contributed by atoms with Gasteiger partial charge < -0.3 is 26.7 Å². The number of amides is 2. The smallest absolute Gasteiger partial charge is 0.352 e. The van der Waals surface area contributed by atoms with E-state index in [4.69, 9.17) is 16.3 Å². The van der Waals surface area contributed by atoms with Crippen LogP contribution in [0.2, 0.25) is 0 Å². The number of β-lactam (4-membered cyclic amide) rings is 1. The first-order chi connectivity index (χ1) is 18.3. The second kappa shape index (κ2) is 12.4. The molecule has 15 nitrogen and oxygen atoms in total. The number of aliphatic carboxylic acids is 1. The zero-order chi connectivity index (χ0) is 27.2. The lowest BCUT2D eigenvalue weighted by atomic mass is 10.0. The minimum atomic E-state index is -1.23. The Bertz CT molecular complexity index is 1290. The van der Waals surface area contributed by atoms with Gasteiger partial charge in [0.15, 0.2) is 10.8 Å². The molecule has 1 saturated heterocycles. The topological polar surface area (TPSA) is 217 Å². The lowest BCUT2D eigenvalue weighted by molar-refractivity contribution is -0.150. The van der Waals surface area contributed by atoms with Gasteiger partial charge in [-0.05, 0) is 29.0 Å². The molecule has 202 valence electrons. The number of rotatable bonds is 13. The van der Waals surface area contributed by atoms with Gasteiger partial charge in [0, 0.05) is 16.9 Å². The molecular formula is C20H24N10O5S3. The van der Waals surface area contributed by atoms with Crippen LogP contribution in [-0.2, 0) is 25.8 Å². The van der Waals surface area contributed by atoms with E-state index in [1.54, 1.807) is 11.5 Å². The van der Waals surface area contributed by atoms with Gasteiger partial charge in [-0.3, -0.25) is 14.5 Å². The molecule has 2 aromatic rings. The molecule has 0 saturated carbocycles. The van der Waals surface area contributed by atoms with Gasteiger partial charge in [0.05, 0.1) is 6.54 Å². The Kier molecular flexibility index (Phi) is 8.97. The van der Waals surface area contributed by atoms with E-state index < -0.39 is 29.2 Å². The fourth-order valence-corrected chi connectivity index (χ4v) is 6.47. The SMILES string of the molecule is C=CCn1nnnc1SCC1=C(C(=O)O)N2C(=O)C(NC(=O)C(=NOCCCN)c3csc(N)n3)[C@@H]2SC1. The van der Waals surface area contributed by atoms with Gasteiger partial charge in [0.25, 0.3) is 11.8 Å². The van der Waals surface area contributed by atoms with E-state index in [1.807, 2.05) is 0 Å². The highest BCUT2D eigenvalue weighted by Crippen LogP contribution is 2.41. The van der Waals surface area contributed by atoms with Gasteiger partial charge in [0.2, 0.25) is 5.16 Å². The second-order valence-corrected chi connectivity index (χ2v) is 10.8. The third kappa shape index (κ3) is 5.82. The number of aromatic nitrogens is 5. The predicted molar refractivity (Wildman–Crippen MR) is 141 cm³/mol. The summed E-state index contributed by atoms with van der Waals surface area (Å²) in [6, 6.07) is -0.957. The fourth-order valence-electron chi connectivity index (χ4n) is 3.55. The van der Waals surface area contributed by atoms with Gasteiger partial charge in [-0.15, -0.1) is 34.8 Å². The van der Waals surface area contributed by atoms with E-state index in [-0.39, 0.29) is 34.6 Å². The summed E-state index contributed by atoms with van der Waals surface area (Å²) < 4.78 is 1.53. The predicted octanol–water partition coefficient (Wildman–Crippen LogP) is -0.502. The van der Waals surface area contributed by atoms with Crippen molar-refractivity contribution in [3.05, 3.63) is 35.0 Å². The summed E-state index contributed by atoms with van der Waals surface area (Å²) in [5.41, 5.74) is 11.6. The zero-order valence-corrected chi connectivity index (χ0v) is 22.3. The summed E-state index contributed by atoms with van der Waals surface area (Å²) in [6.07, 6.45) is 2.17. The molecule has 0 radical (unpaired) electrons. The van der Waals surface area contributed by atoms with Gasteiger partial charge in [-0.2, -0.15) is 0 Å². The van der Waals surface area contributed by atoms with Crippen molar-refractivity contribution in [3.8, 4) is 0 Å². The number of hydrogen-bond donors (Lipinski definition) is 4. The highest BCUT2D eigenvalue weighted by molar-refractivity contribution is 8.01. The zero-order valence-electron chi connectivity index (χ0n) is 19.8. The van der Waals surface area contributed by atoms with Gasteiger partial charge in [0.1, 0.15) is 29.4 Å². The number of tetrazole rings is 1. The highest BCUT2D eigenvalue weighted by atomic mass is 32.2. The number of anilines is 1. The summed E-state index contributed by atoms with van der Waals surface area (Å²) in [5, 5.41) is 29.6. The number of hydrogen-bond acceptors (Lipinski definition) is 14. The van der Waals surface area contributed by atoms with Crippen LogP contribution in [0.5, 0.6) is 0 Å². The number of oxime groups is 1. The minimum Gasteiger partial charge on any atom is -0.477 e. The van der Waals surface area contributed by atoms with Crippen LogP contribution in [0.4, 0.5) is 5.13 Å². The molecule has 38 heavy (non-hydrogen) atoms. The summed E-state index contributed by atoms with van der Waals surface area (Å²) in [6.45, 7) is 4.64. The molecule has 1 fully saturated rings. The average Bonchev–Trinajstić information content (AvgIpc) is 3.53. The van der Waals surface area contributed by atoms with Crippen molar-refractivity contribution in [2.75, 3.05) is 30.4 Å². The fraction of sp³-hybridized carbons (Fsp3) is 0.400. The van der Waals surface area contributed by atoms with Crippen molar-refractivity contribution in [1.29, 1.82) is 0 Å². The Balaban J connectivity index is 1.47. The monoisotopic (exact) mass is 580 g/mol. The van der Waals surface area contributed by atoms with Gasteiger partial charge in [-0.25, -0.2) is 14.5 Å². The number of carboxylic acids is 1. The van der Waals surface area contributed by atoms with E-state index in [0.29, 0.717) is 36.0 Å². The van der Waals surface area contributed by atoms with Crippen LogP contribution in [0, 0.1) is 0 Å². The molecule has 4 rings (SSSR count). The molecule has 2 amide bonds. The van der Waals surface area contributed by atoms with E-state index in [0.717, 1.165) is 11.3 Å². The molecule has 2 aromatic heterocycles. The van der Waals surface area contributed by atoms with E-state index in [9.17, 15) is 19.5 Å². The van der Waals surface area contributed by atoms with Crippen molar-refractivity contribution < 1.29 is 24.3 Å². The number of nitrogens with zero attached hydrogens (tertiary/aromatic N) is 7. The number of nitrogen functional groups attached to an aromatic ring is 1. The van der Waals surface area contributed by atoms with Crippen LogP contribution >= 0.6 is 34.9 Å². The Morgan fingerprint density at radius 1 is 1.45 bits per heavy atom. The Morgan fingerprint density at radius 3 is 2.95 bits per heavy atom. The number of nitrogens with two attached hydrogens (primary N) is 2. The summed E-state index contributed by atoms with van der Waals surface area (Å²) in [7, 11) is 0. The number of carbonyl (C=O) groups excluding carboxylic acids is 2. The summed E-state index contributed by atoms with van der Waals surface area (Å²) in [5.74, 6) is -1.87. The minimum absolute atomic E-state index is 0.106. The number of carboxylic acid groups (broad SMARTS) is 1. The maximum absolute atomic E-state index is 13.1. The maximum Gasteiger partial charge on any atom is 0.352 e. The molecule has 18 heteroatoms. The number of allylic oxidation sites excluding steroid dienone is 1. The molecular weight excluding hydrogens is 556 g/mol. The van der Waals surface area contributed by atoms with Crippen molar-refractivity contribution in [2.24, 2.45) is 10.9 Å². The summed E-state index contributed by atoms with van der Waals surface area (Å²) >= 11 is 3.73. The van der Waals surface area contributed by atoms with Gasteiger partial charge >= 0.3 is 5.97 Å². The third-order valence-electron chi connectivity index (χ3n) is 5.29. The van der Waals surface area contributed by atoms with Crippen molar-refractivity contribution in [3.63, 3.8) is 0 Å². The molecule has 0 aromatic carbocycles. The van der Waals surface area contributed by atoms with Crippen LogP contribution in [0.3, 0.4) is 0 Å². The van der Waals surface area contributed by atoms with Crippen LogP contribution in [0.1, 0.15) is 12.1 Å². The first-order valence-corrected chi connectivity index (χ1v) is 14.1. The molecule has 0 spiro atoms. The first-order valence-electron chi connectivity index (χ1n) is 11.2. The second-order valence-electron chi connectivity index (χ2n) is 7.83. The van der Waals surface area contributed by atoms with Crippen LogP contribution in [0.25, 0.3) is 0 Å². The summed E-state index contributed by atoms with van der Waals surface area (Å²) in [4.78, 5) is 48.7. The highest BCUT2D eigenvalue weighted by Gasteiger charge is 2.54. The van der Waals surface area contributed by atoms with Crippen LogP contribution in [-0.4, -0.2) is 94.8 Å². The molecule has 2 aliphatic rings. The van der Waals surface area contributed by atoms with Crippen LogP contribution < -0.4 is 16.8 Å². The number of thioether (sulfide) groups is 2. The molecule has 6 N–H and O–H groups in total. The van der Waals surface area contributed by atoms with Gasteiger partial charge in [-0.1, -0.05) is 23.0 Å². The largest absolute Gasteiger partial charge is 0.477 e.